The molecule has 0 N–H and O–H groups in total. The number of alkyl halides is 2. The highest BCUT2D eigenvalue weighted by atomic mass is 79.9. The van der Waals surface area contributed by atoms with Crippen LogP contribution in [0.15, 0.2) is 27.3 Å². The van der Waals surface area contributed by atoms with Crippen LogP contribution in [-0.4, -0.2) is 36.5 Å². The summed E-state index contributed by atoms with van der Waals surface area (Å²) in [6.45, 7) is 3.21. The van der Waals surface area contributed by atoms with Gasteiger partial charge in [-0.25, -0.2) is 13.6 Å². The van der Waals surface area contributed by atoms with E-state index in [0.717, 1.165) is 10.0 Å². The largest absolute Gasteiger partial charge is 0.463 e. The Hall–Kier alpha value is -1.47. The second kappa shape index (κ2) is 6.80. The summed E-state index contributed by atoms with van der Waals surface area (Å²) in [5.41, 5.74) is 1.83. The first-order valence-corrected chi connectivity index (χ1v) is 8.66. The lowest BCUT2D eigenvalue weighted by Gasteiger charge is -2.31. The Labute approximate surface area is 146 Å². The van der Waals surface area contributed by atoms with E-state index in [4.69, 9.17) is 9.15 Å². The zero-order valence-corrected chi connectivity index (χ0v) is 14.9. The molecule has 130 valence electrons. The van der Waals surface area contributed by atoms with Crippen molar-refractivity contribution in [2.45, 2.75) is 32.2 Å². The van der Waals surface area contributed by atoms with Crippen molar-refractivity contribution in [1.82, 2.24) is 4.90 Å². The Morgan fingerprint density at radius 2 is 2.08 bits per heavy atom. The van der Waals surface area contributed by atoms with E-state index < -0.39 is 11.9 Å². The minimum absolute atomic E-state index is 0.129. The summed E-state index contributed by atoms with van der Waals surface area (Å²) in [5.74, 6) is -3.00. The van der Waals surface area contributed by atoms with Crippen LogP contribution in [0.4, 0.5) is 8.78 Å². The number of esters is 1. The van der Waals surface area contributed by atoms with Crippen LogP contribution in [0.5, 0.6) is 0 Å². The van der Waals surface area contributed by atoms with Crippen molar-refractivity contribution in [2.24, 2.45) is 0 Å². The quantitative estimate of drug-likeness (QED) is 0.701. The number of ether oxygens (including phenoxy) is 1. The normalized spacial score (nSPS) is 18.0. The van der Waals surface area contributed by atoms with E-state index in [1.807, 2.05) is 11.0 Å². The zero-order chi connectivity index (χ0) is 17.3. The lowest BCUT2D eigenvalue weighted by atomic mass is 10.0. The number of carbonyl (C=O) groups excluding carboxylic acids is 1. The van der Waals surface area contributed by atoms with Crippen molar-refractivity contribution < 1.29 is 22.7 Å². The van der Waals surface area contributed by atoms with Crippen molar-refractivity contribution >= 4 is 32.9 Å². The minimum atomic E-state index is -2.56. The first-order valence-electron chi connectivity index (χ1n) is 7.86. The standard InChI is InChI=1S/C17H18BrF2NO3/c1-2-23-16(22)14-10-24-15-11(7-12(18)8-13(14)15)9-21-5-3-17(19,20)4-6-21/h7-8,10H,2-6,9H2,1H3. The Morgan fingerprint density at radius 1 is 1.38 bits per heavy atom. The van der Waals surface area contributed by atoms with Crippen LogP contribution in [-0.2, 0) is 11.3 Å². The highest BCUT2D eigenvalue weighted by Gasteiger charge is 2.34. The summed E-state index contributed by atoms with van der Waals surface area (Å²) in [4.78, 5) is 14.0. The molecule has 1 aromatic carbocycles. The van der Waals surface area contributed by atoms with Crippen LogP contribution >= 0.6 is 15.9 Å². The molecule has 1 saturated heterocycles. The third-order valence-corrected chi connectivity index (χ3v) is 4.65. The second-order valence-electron chi connectivity index (χ2n) is 5.94. The molecular weight excluding hydrogens is 384 g/mol. The molecule has 0 bridgehead atoms. The van der Waals surface area contributed by atoms with Gasteiger partial charge in [0.1, 0.15) is 17.4 Å². The van der Waals surface area contributed by atoms with Gasteiger partial charge in [-0.05, 0) is 19.1 Å². The Bertz CT molecular complexity index is 750. The number of rotatable bonds is 4. The van der Waals surface area contributed by atoms with Crippen LogP contribution in [0.2, 0.25) is 0 Å². The molecule has 2 aromatic rings. The number of likely N-dealkylation sites (tertiary alicyclic amines) is 1. The molecule has 1 aromatic heterocycles. The van der Waals surface area contributed by atoms with E-state index >= 15 is 0 Å². The number of hydrogen-bond acceptors (Lipinski definition) is 4. The van der Waals surface area contributed by atoms with Crippen molar-refractivity contribution in [1.29, 1.82) is 0 Å². The zero-order valence-electron chi connectivity index (χ0n) is 13.3. The maximum atomic E-state index is 13.3. The highest BCUT2D eigenvalue weighted by Crippen LogP contribution is 2.32. The Kier molecular flexibility index (Phi) is 4.92. The molecule has 7 heteroatoms. The van der Waals surface area contributed by atoms with Crippen LogP contribution in [0, 0.1) is 0 Å². The molecule has 0 aliphatic carbocycles. The fourth-order valence-corrected chi connectivity index (χ4v) is 3.44. The number of carbonyl (C=O) groups is 1. The summed E-state index contributed by atoms with van der Waals surface area (Å²) in [6.07, 6.45) is 1.13. The maximum Gasteiger partial charge on any atom is 0.342 e. The molecule has 0 atom stereocenters. The lowest BCUT2D eigenvalue weighted by Crippen LogP contribution is -2.38. The smallest absolute Gasteiger partial charge is 0.342 e. The lowest BCUT2D eigenvalue weighted by molar-refractivity contribution is -0.0566. The average molecular weight is 402 g/mol. The molecule has 24 heavy (non-hydrogen) atoms. The molecule has 0 unspecified atom stereocenters. The number of furan rings is 1. The van der Waals surface area contributed by atoms with Gasteiger partial charge in [-0.1, -0.05) is 15.9 Å². The summed E-state index contributed by atoms with van der Waals surface area (Å²) in [5, 5.41) is 0.667. The van der Waals surface area contributed by atoms with Gasteiger partial charge >= 0.3 is 5.97 Å². The number of fused-ring (bicyclic) bond motifs is 1. The first kappa shape index (κ1) is 17.4. The van der Waals surface area contributed by atoms with E-state index in [1.54, 1.807) is 13.0 Å². The van der Waals surface area contributed by atoms with Gasteiger partial charge in [-0.2, -0.15) is 0 Å². The molecule has 4 nitrogen and oxygen atoms in total. The molecule has 1 aliphatic rings. The molecule has 0 spiro atoms. The fourth-order valence-electron chi connectivity index (χ4n) is 2.93. The fraction of sp³-hybridized carbons (Fsp3) is 0.471. The Morgan fingerprint density at radius 3 is 2.75 bits per heavy atom. The number of halogens is 3. The molecule has 0 amide bonds. The number of hydrogen-bond donors (Lipinski definition) is 0. The topological polar surface area (TPSA) is 42.7 Å². The summed E-state index contributed by atoms with van der Waals surface area (Å²) in [7, 11) is 0. The highest BCUT2D eigenvalue weighted by molar-refractivity contribution is 9.10. The summed E-state index contributed by atoms with van der Waals surface area (Å²) >= 11 is 3.44. The molecular formula is C17H18BrF2NO3. The third kappa shape index (κ3) is 3.62. The van der Waals surface area contributed by atoms with Gasteiger partial charge in [0.05, 0.1) is 6.61 Å². The van der Waals surface area contributed by atoms with E-state index in [-0.39, 0.29) is 19.4 Å². The number of benzene rings is 1. The SMILES string of the molecule is CCOC(=O)c1coc2c(CN3CCC(F)(F)CC3)cc(Br)cc12. The second-order valence-corrected chi connectivity index (χ2v) is 6.86. The van der Waals surface area contributed by atoms with E-state index in [9.17, 15) is 13.6 Å². The van der Waals surface area contributed by atoms with Crippen LogP contribution < -0.4 is 0 Å². The molecule has 1 aliphatic heterocycles. The third-order valence-electron chi connectivity index (χ3n) is 4.19. The monoisotopic (exact) mass is 401 g/mol. The predicted molar refractivity (Wildman–Crippen MR) is 89.3 cm³/mol. The average Bonchev–Trinajstić information content (AvgIpc) is 2.93. The van der Waals surface area contributed by atoms with Crippen LogP contribution in [0.1, 0.15) is 35.7 Å². The molecule has 2 heterocycles. The number of nitrogens with zero attached hydrogens (tertiary/aromatic N) is 1. The van der Waals surface area contributed by atoms with Crippen LogP contribution in [0.3, 0.4) is 0 Å². The molecule has 3 rings (SSSR count). The summed E-state index contributed by atoms with van der Waals surface area (Å²) < 4.78 is 38.0. The molecule has 1 fully saturated rings. The molecule has 0 radical (unpaired) electrons. The van der Waals surface area contributed by atoms with Crippen molar-refractivity contribution in [3.8, 4) is 0 Å². The number of piperidine rings is 1. The van der Waals surface area contributed by atoms with Gasteiger partial charge in [0.15, 0.2) is 0 Å². The van der Waals surface area contributed by atoms with Crippen molar-refractivity contribution in [3.63, 3.8) is 0 Å². The van der Waals surface area contributed by atoms with Gasteiger partial charge in [-0.3, -0.25) is 4.90 Å². The first-order chi connectivity index (χ1) is 11.4. The van der Waals surface area contributed by atoms with Gasteiger partial charge < -0.3 is 9.15 Å². The van der Waals surface area contributed by atoms with E-state index in [2.05, 4.69) is 15.9 Å². The summed E-state index contributed by atoms with van der Waals surface area (Å²) in [6, 6.07) is 3.70. The van der Waals surface area contributed by atoms with Crippen molar-refractivity contribution in [2.75, 3.05) is 19.7 Å². The van der Waals surface area contributed by atoms with Gasteiger partial charge in [-0.15, -0.1) is 0 Å². The van der Waals surface area contributed by atoms with E-state index in [0.29, 0.717) is 36.2 Å². The van der Waals surface area contributed by atoms with Crippen molar-refractivity contribution in [3.05, 3.63) is 34.0 Å². The van der Waals surface area contributed by atoms with Gasteiger partial charge in [0.2, 0.25) is 0 Å². The maximum absolute atomic E-state index is 13.3. The van der Waals surface area contributed by atoms with Gasteiger partial charge in [0, 0.05) is 47.9 Å². The predicted octanol–water partition coefficient (Wildman–Crippen LogP) is 4.60. The van der Waals surface area contributed by atoms with Gasteiger partial charge in [0.25, 0.3) is 5.92 Å². The molecule has 0 saturated carbocycles. The Balaban J connectivity index is 1.87. The van der Waals surface area contributed by atoms with Crippen LogP contribution in [0.25, 0.3) is 11.0 Å². The minimum Gasteiger partial charge on any atom is -0.463 e. The van der Waals surface area contributed by atoms with E-state index in [1.165, 1.54) is 6.26 Å².